The fraction of sp³-hybridized carbons (Fsp3) is 0.0833. The molecule has 0 bridgehead atoms. The van der Waals surface area contributed by atoms with Crippen molar-refractivity contribution in [1.82, 2.24) is 0 Å². The Labute approximate surface area is 194 Å². The van der Waals surface area contributed by atoms with E-state index in [1.807, 2.05) is 6.92 Å². The minimum absolute atomic E-state index is 0.0376. The number of rotatable bonds is 6. The summed E-state index contributed by atoms with van der Waals surface area (Å²) in [6, 6.07) is 17.3. The number of imide groups is 1. The number of benzene rings is 3. The Balaban J connectivity index is 1.81. The lowest BCUT2D eigenvalue weighted by molar-refractivity contribution is -0.384. The standard InChI is InChI=1S/C24H18ClN3O5/c1-14-3-8-17(9-4-14)27-23(29)21(15-5-10-18(11-6-15)28(31)32)22(24(27)30)26-16-7-12-20(33-2)19(25)13-16/h3-13,26H,1-2H3. The quantitative estimate of drug-likeness (QED) is 0.315. The number of aryl methyl sites for hydroxylation is 1. The summed E-state index contributed by atoms with van der Waals surface area (Å²) in [6.45, 7) is 1.90. The highest BCUT2D eigenvalue weighted by Gasteiger charge is 2.40. The van der Waals surface area contributed by atoms with Crippen molar-refractivity contribution in [2.45, 2.75) is 6.92 Å². The minimum Gasteiger partial charge on any atom is -0.495 e. The Morgan fingerprint density at radius 2 is 1.64 bits per heavy atom. The molecule has 0 aromatic heterocycles. The third-order valence-corrected chi connectivity index (χ3v) is 5.46. The number of anilines is 2. The summed E-state index contributed by atoms with van der Waals surface area (Å²) in [5.74, 6) is -0.633. The van der Waals surface area contributed by atoms with E-state index in [1.54, 1.807) is 42.5 Å². The van der Waals surface area contributed by atoms with Crippen LogP contribution in [0, 0.1) is 17.0 Å². The number of nitro groups is 1. The van der Waals surface area contributed by atoms with E-state index in [0.717, 1.165) is 10.5 Å². The highest BCUT2D eigenvalue weighted by molar-refractivity contribution is 6.46. The SMILES string of the molecule is COc1ccc(NC2=C(c3ccc([N+](=O)[O-])cc3)C(=O)N(c3ccc(C)cc3)C2=O)cc1Cl. The molecule has 0 saturated heterocycles. The van der Waals surface area contributed by atoms with Crippen molar-refractivity contribution in [3.05, 3.63) is 98.7 Å². The maximum Gasteiger partial charge on any atom is 0.282 e. The van der Waals surface area contributed by atoms with Gasteiger partial charge in [-0.3, -0.25) is 19.7 Å². The van der Waals surface area contributed by atoms with Crippen molar-refractivity contribution >= 4 is 46.1 Å². The highest BCUT2D eigenvalue weighted by atomic mass is 35.5. The number of methoxy groups -OCH3 is 1. The van der Waals surface area contributed by atoms with Crippen LogP contribution in [-0.4, -0.2) is 23.8 Å². The summed E-state index contributed by atoms with van der Waals surface area (Å²) in [5.41, 5.74) is 2.26. The molecule has 8 nitrogen and oxygen atoms in total. The molecule has 9 heteroatoms. The zero-order valence-corrected chi connectivity index (χ0v) is 18.4. The molecule has 3 aromatic rings. The lowest BCUT2D eigenvalue weighted by atomic mass is 10.0. The number of halogens is 1. The molecular weight excluding hydrogens is 446 g/mol. The number of nitrogens with one attached hydrogen (secondary N) is 1. The monoisotopic (exact) mass is 463 g/mol. The van der Waals surface area contributed by atoms with E-state index in [9.17, 15) is 19.7 Å². The summed E-state index contributed by atoms with van der Waals surface area (Å²) in [4.78, 5) is 38.4. The van der Waals surface area contributed by atoms with Gasteiger partial charge in [0.15, 0.2) is 0 Å². The van der Waals surface area contributed by atoms with Gasteiger partial charge in [0.2, 0.25) is 0 Å². The molecular formula is C24H18ClN3O5. The summed E-state index contributed by atoms with van der Waals surface area (Å²) < 4.78 is 5.16. The average molecular weight is 464 g/mol. The second-order valence-corrected chi connectivity index (χ2v) is 7.72. The van der Waals surface area contributed by atoms with Crippen molar-refractivity contribution in [2.75, 3.05) is 17.3 Å². The zero-order chi connectivity index (χ0) is 23.7. The van der Waals surface area contributed by atoms with E-state index in [1.165, 1.54) is 31.4 Å². The normalized spacial score (nSPS) is 13.5. The van der Waals surface area contributed by atoms with Crippen LogP contribution >= 0.6 is 11.6 Å². The Hall–Kier alpha value is -4.17. The first-order valence-corrected chi connectivity index (χ1v) is 10.2. The van der Waals surface area contributed by atoms with Gasteiger partial charge in [-0.05, 0) is 55.0 Å². The Bertz CT molecular complexity index is 1300. The van der Waals surface area contributed by atoms with Crippen LogP contribution in [0.1, 0.15) is 11.1 Å². The minimum atomic E-state index is -0.552. The molecule has 166 valence electrons. The number of carbonyl (C=O) groups excluding carboxylic acids is 2. The summed E-state index contributed by atoms with van der Waals surface area (Å²) >= 11 is 6.21. The van der Waals surface area contributed by atoms with Gasteiger partial charge in [-0.15, -0.1) is 0 Å². The first-order valence-electron chi connectivity index (χ1n) is 9.85. The third kappa shape index (κ3) is 4.16. The fourth-order valence-electron chi connectivity index (χ4n) is 3.48. The van der Waals surface area contributed by atoms with Crippen LogP contribution in [0.3, 0.4) is 0 Å². The number of amides is 2. The van der Waals surface area contributed by atoms with Crippen molar-refractivity contribution in [3.8, 4) is 5.75 Å². The van der Waals surface area contributed by atoms with Gasteiger partial charge in [0.05, 0.1) is 28.3 Å². The molecule has 3 aromatic carbocycles. The van der Waals surface area contributed by atoms with E-state index < -0.39 is 16.7 Å². The van der Waals surface area contributed by atoms with Gasteiger partial charge in [0.1, 0.15) is 11.4 Å². The van der Waals surface area contributed by atoms with E-state index in [2.05, 4.69) is 5.32 Å². The van der Waals surface area contributed by atoms with E-state index in [4.69, 9.17) is 16.3 Å². The fourth-order valence-corrected chi connectivity index (χ4v) is 3.74. The number of ether oxygens (including phenoxy) is 1. The smallest absolute Gasteiger partial charge is 0.282 e. The first-order chi connectivity index (χ1) is 15.8. The molecule has 0 saturated carbocycles. The van der Waals surface area contributed by atoms with Gasteiger partial charge in [-0.1, -0.05) is 29.3 Å². The highest BCUT2D eigenvalue weighted by Crippen LogP contribution is 2.35. The zero-order valence-electron chi connectivity index (χ0n) is 17.7. The van der Waals surface area contributed by atoms with Crippen molar-refractivity contribution in [1.29, 1.82) is 0 Å². The Morgan fingerprint density at radius 1 is 0.970 bits per heavy atom. The van der Waals surface area contributed by atoms with Gasteiger partial charge in [-0.2, -0.15) is 0 Å². The molecule has 33 heavy (non-hydrogen) atoms. The Kier molecular flexibility index (Phi) is 5.85. The summed E-state index contributed by atoms with van der Waals surface area (Å²) in [6.07, 6.45) is 0. The number of carbonyl (C=O) groups is 2. The van der Waals surface area contributed by atoms with Crippen molar-refractivity contribution in [3.63, 3.8) is 0 Å². The maximum atomic E-state index is 13.4. The molecule has 1 aliphatic rings. The molecule has 0 atom stereocenters. The van der Waals surface area contributed by atoms with Gasteiger partial charge >= 0.3 is 0 Å². The number of hydrogen-bond acceptors (Lipinski definition) is 6. The second-order valence-electron chi connectivity index (χ2n) is 7.31. The van der Waals surface area contributed by atoms with E-state index in [-0.39, 0.29) is 17.0 Å². The number of nitrogens with zero attached hydrogens (tertiary/aromatic N) is 2. The molecule has 1 aliphatic heterocycles. The van der Waals surface area contributed by atoms with Crippen LogP contribution in [0.5, 0.6) is 5.75 Å². The van der Waals surface area contributed by atoms with E-state index in [0.29, 0.717) is 27.7 Å². The molecule has 2 amide bonds. The summed E-state index contributed by atoms with van der Waals surface area (Å²) in [7, 11) is 1.49. The van der Waals surface area contributed by atoms with Gasteiger partial charge in [0, 0.05) is 17.8 Å². The molecule has 0 radical (unpaired) electrons. The van der Waals surface area contributed by atoms with Crippen LogP contribution in [-0.2, 0) is 9.59 Å². The largest absolute Gasteiger partial charge is 0.495 e. The van der Waals surface area contributed by atoms with Crippen LogP contribution in [0.2, 0.25) is 5.02 Å². The topological polar surface area (TPSA) is 102 Å². The van der Waals surface area contributed by atoms with E-state index >= 15 is 0 Å². The third-order valence-electron chi connectivity index (χ3n) is 5.16. The predicted octanol–water partition coefficient (Wildman–Crippen LogP) is 4.96. The first kappa shape index (κ1) is 22.0. The Morgan fingerprint density at radius 3 is 2.21 bits per heavy atom. The van der Waals surface area contributed by atoms with Crippen molar-refractivity contribution < 1.29 is 19.2 Å². The van der Waals surface area contributed by atoms with Gasteiger partial charge in [-0.25, -0.2) is 4.90 Å². The number of hydrogen-bond donors (Lipinski definition) is 1. The van der Waals surface area contributed by atoms with Crippen LogP contribution in [0.4, 0.5) is 17.1 Å². The number of nitro benzene ring substituents is 1. The molecule has 4 rings (SSSR count). The predicted molar refractivity (Wildman–Crippen MR) is 125 cm³/mol. The lowest BCUT2D eigenvalue weighted by Crippen LogP contribution is -2.32. The second kappa shape index (κ2) is 8.76. The molecule has 1 N–H and O–H groups in total. The van der Waals surface area contributed by atoms with Crippen LogP contribution in [0.25, 0.3) is 5.57 Å². The molecule has 1 heterocycles. The van der Waals surface area contributed by atoms with Crippen molar-refractivity contribution in [2.24, 2.45) is 0 Å². The molecule has 0 spiro atoms. The van der Waals surface area contributed by atoms with Crippen LogP contribution < -0.4 is 15.0 Å². The molecule has 0 fully saturated rings. The molecule has 0 aliphatic carbocycles. The summed E-state index contributed by atoms with van der Waals surface area (Å²) in [5, 5.41) is 14.4. The maximum absolute atomic E-state index is 13.4. The lowest BCUT2D eigenvalue weighted by Gasteiger charge is -2.15. The van der Waals surface area contributed by atoms with Gasteiger partial charge in [0.25, 0.3) is 17.5 Å². The molecule has 0 unspecified atom stereocenters. The van der Waals surface area contributed by atoms with Crippen LogP contribution in [0.15, 0.2) is 72.4 Å². The average Bonchev–Trinajstić information content (AvgIpc) is 3.04. The number of non-ortho nitro benzene ring substituents is 1. The van der Waals surface area contributed by atoms with Gasteiger partial charge < -0.3 is 10.1 Å².